The maximum atomic E-state index is 14.1. The van der Waals surface area contributed by atoms with Gasteiger partial charge in [0, 0.05) is 22.0 Å². The van der Waals surface area contributed by atoms with Gasteiger partial charge < -0.3 is 29.7 Å². The summed E-state index contributed by atoms with van der Waals surface area (Å²) in [6.45, 7) is 7.81. The van der Waals surface area contributed by atoms with E-state index in [1.807, 2.05) is 75.4 Å². The summed E-state index contributed by atoms with van der Waals surface area (Å²) in [6, 6.07) is 25.7. The third-order valence-corrected chi connectivity index (χ3v) is 9.63. The predicted molar refractivity (Wildman–Crippen MR) is 191 cm³/mol. The molecule has 0 radical (unpaired) electrons. The molecule has 0 spiro atoms. The van der Waals surface area contributed by atoms with Gasteiger partial charge >= 0.3 is 12.1 Å². The highest BCUT2D eigenvalue weighted by Crippen LogP contribution is 2.41. The summed E-state index contributed by atoms with van der Waals surface area (Å²) in [4.78, 5) is 56.0. The molecule has 1 atom stereocenters. The van der Waals surface area contributed by atoms with Crippen molar-refractivity contribution >= 4 is 57.7 Å². The number of fused-ring (bicyclic) bond motifs is 1. The van der Waals surface area contributed by atoms with Crippen molar-refractivity contribution in [1.29, 1.82) is 0 Å². The highest BCUT2D eigenvalue weighted by molar-refractivity contribution is 8.00. The van der Waals surface area contributed by atoms with Crippen LogP contribution in [0.25, 0.3) is 0 Å². The second kappa shape index (κ2) is 16.1. The molecule has 1 aliphatic heterocycles. The van der Waals surface area contributed by atoms with Gasteiger partial charge in [0.15, 0.2) is 6.61 Å². The lowest BCUT2D eigenvalue weighted by molar-refractivity contribution is -0.118. The molecule has 10 nitrogen and oxygen atoms in total. The molecular weight excluding hydrogens is 663 g/mol. The molecule has 0 saturated carbocycles. The largest absolute Gasteiger partial charge is 0.484 e. The topological polar surface area (TPSA) is 123 Å². The smallest absolute Gasteiger partial charge is 0.410 e. The number of esters is 1. The number of carbonyl (C=O) groups is 4. The Balaban J connectivity index is 1.35. The summed E-state index contributed by atoms with van der Waals surface area (Å²) in [6.07, 6.45) is -0.0153. The summed E-state index contributed by atoms with van der Waals surface area (Å²) >= 11 is 2.58. The van der Waals surface area contributed by atoms with Crippen LogP contribution in [0.1, 0.15) is 59.3 Å². The number of nitrogens with zero attached hydrogens (tertiary/aromatic N) is 1. The normalized spacial score (nSPS) is 13.1. The molecule has 0 bridgehead atoms. The zero-order chi connectivity index (χ0) is 35.0. The van der Waals surface area contributed by atoms with Crippen molar-refractivity contribution in [3.63, 3.8) is 0 Å². The van der Waals surface area contributed by atoms with E-state index in [1.165, 1.54) is 23.1 Å². The fraction of sp³-hybridized carbons (Fsp3) is 0.297. The molecule has 1 aromatic heterocycles. The summed E-state index contributed by atoms with van der Waals surface area (Å²) in [5.41, 5.74) is 1.75. The number of thiophene rings is 1. The van der Waals surface area contributed by atoms with Crippen molar-refractivity contribution in [3.8, 4) is 5.75 Å². The van der Waals surface area contributed by atoms with Crippen LogP contribution in [0.2, 0.25) is 0 Å². The number of hydrogen-bond donors (Lipinski definition) is 2. The Morgan fingerprint density at radius 3 is 2.35 bits per heavy atom. The second-order valence-electron chi connectivity index (χ2n) is 12.2. The first-order valence-electron chi connectivity index (χ1n) is 15.9. The van der Waals surface area contributed by atoms with Crippen LogP contribution < -0.4 is 15.4 Å². The first kappa shape index (κ1) is 35.5. The fourth-order valence-electron chi connectivity index (χ4n) is 5.12. The number of rotatable bonds is 11. The van der Waals surface area contributed by atoms with Gasteiger partial charge in [0.1, 0.15) is 21.6 Å². The first-order chi connectivity index (χ1) is 23.5. The summed E-state index contributed by atoms with van der Waals surface area (Å²) in [5, 5.41) is 5.55. The maximum absolute atomic E-state index is 14.1. The van der Waals surface area contributed by atoms with Crippen LogP contribution in [-0.2, 0) is 32.0 Å². The number of thioether (sulfide) groups is 1. The Kier molecular flexibility index (Phi) is 11.6. The van der Waals surface area contributed by atoms with Gasteiger partial charge in [-0.15, -0.1) is 23.1 Å². The molecule has 1 aliphatic rings. The lowest BCUT2D eigenvalue weighted by atomic mass is 10.0. The molecule has 12 heteroatoms. The summed E-state index contributed by atoms with van der Waals surface area (Å²) in [7, 11) is 0. The van der Waals surface area contributed by atoms with E-state index in [1.54, 1.807) is 42.2 Å². The van der Waals surface area contributed by atoms with Gasteiger partial charge in [-0.2, -0.15) is 0 Å². The number of hydrogen-bond acceptors (Lipinski definition) is 9. The zero-order valence-corrected chi connectivity index (χ0v) is 29.5. The number of amides is 3. The SMILES string of the molecule is CCOC(=O)c1c(NC(=O)C(Sc2cccc(NC(=O)COc3ccccc3)c2)c2ccccc2)sc2c1CCN(C(=O)OC(C)(C)C)C2. The van der Waals surface area contributed by atoms with Crippen LogP contribution in [0.3, 0.4) is 0 Å². The number of ether oxygens (including phenoxy) is 3. The van der Waals surface area contributed by atoms with Crippen LogP contribution in [-0.4, -0.2) is 54.1 Å². The third-order valence-electron chi connectivity index (χ3n) is 7.25. The Hall–Kier alpha value is -4.81. The number of para-hydroxylation sites is 1. The molecular formula is C37H39N3O7S2. The minimum Gasteiger partial charge on any atom is -0.484 e. The average Bonchev–Trinajstić information content (AvgIpc) is 3.43. The van der Waals surface area contributed by atoms with Gasteiger partial charge in [0.25, 0.3) is 5.91 Å². The van der Waals surface area contributed by atoms with Gasteiger partial charge in [-0.1, -0.05) is 54.6 Å². The molecule has 1 unspecified atom stereocenters. The zero-order valence-electron chi connectivity index (χ0n) is 27.8. The lowest BCUT2D eigenvalue weighted by Crippen LogP contribution is -2.39. The van der Waals surface area contributed by atoms with Crippen LogP contribution in [0.15, 0.2) is 89.8 Å². The molecule has 49 heavy (non-hydrogen) atoms. The van der Waals surface area contributed by atoms with E-state index in [4.69, 9.17) is 14.2 Å². The van der Waals surface area contributed by atoms with E-state index in [9.17, 15) is 19.2 Å². The van der Waals surface area contributed by atoms with E-state index in [0.29, 0.717) is 35.0 Å². The molecule has 3 aromatic carbocycles. The molecule has 0 fully saturated rings. The third kappa shape index (κ3) is 9.64. The van der Waals surface area contributed by atoms with Crippen molar-refractivity contribution in [1.82, 2.24) is 4.90 Å². The van der Waals surface area contributed by atoms with Gasteiger partial charge in [-0.05, 0) is 75.6 Å². The molecule has 0 saturated heterocycles. The Bertz CT molecular complexity index is 1790. The number of anilines is 2. The van der Waals surface area contributed by atoms with Gasteiger partial charge in [0.05, 0.1) is 18.7 Å². The minimum absolute atomic E-state index is 0.153. The molecule has 2 N–H and O–H groups in total. The quantitative estimate of drug-likeness (QED) is 0.120. The van der Waals surface area contributed by atoms with Crippen molar-refractivity contribution in [3.05, 3.63) is 106 Å². The van der Waals surface area contributed by atoms with E-state index >= 15 is 0 Å². The Morgan fingerprint density at radius 1 is 0.939 bits per heavy atom. The first-order valence-corrected chi connectivity index (χ1v) is 17.6. The molecule has 0 aliphatic carbocycles. The lowest BCUT2D eigenvalue weighted by Gasteiger charge is -2.30. The number of carbonyl (C=O) groups excluding carboxylic acids is 4. The van der Waals surface area contributed by atoms with Gasteiger partial charge in [-0.25, -0.2) is 9.59 Å². The highest BCUT2D eigenvalue weighted by atomic mass is 32.2. The number of benzene rings is 3. The average molecular weight is 702 g/mol. The van der Waals surface area contributed by atoms with Crippen molar-refractivity contribution in [2.75, 3.05) is 30.4 Å². The minimum atomic E-state index is -0.707. The van der Waals surface area contributed by atoms with E-state index in [-0.39, 0.29) is 31.6 Å². The van der Waals surface area contributed by atoms with E-state index < -0.39 is 22.9 Å². The van der Waals surface area contributed by atoms with Crippen LogP contribution in [0, 0.1) is 0 Å². The molecule has 3 amide bonds. The molecule has 4 aromatic rings. The van der Waals surface area contributed by atoms with Crippen molar-refractivity contribution in [2.24, 2.45) is 0 Å². The Labute approximate surface area is 294 Å². The van der Waals surface area contributed by atoms with Crippen molar-refractivity contribution < 1.29 is 33.4 Å². The summed E-state index contributed by atoms with van der Waals surface area (Å²) in [5.74, 6) is -0.585. The number of nitrogens with one attached hydrogen (secondary N) is 2. The van der Waals surface area contributed by atoms with Crippen LogP contribution in [0.5, 0.6) is 5.75 Å². The van der Waals surface area contributed by atoms with Crippen LogP contribution >= 0.6 is 23.1 Å². The monoisotopic (exact) mass is 701 g/mol. The van der Waals surface area contributed by atoms with Gasteiger partial charge in [0.2, 0.25) is 5.91 Å². The van der Waals surface area contributed by atoms with E-state index in [2.05, 4.69) is 10.6 Å². The molecule has 256 valence electrons. The highest BCUT2D eigenvalue weighted by Gasteiger charge is 2.34. The van der Waals surface area contributed by atoms with Crippen molar-refractivity contribution in [2.45, 2.75) is 56.4 Å². The predicted octanol–water partition coefficient (Wildman–Crippen LogP) is 7.71. The van der Waals surface area contributed by atoms with Crippen LogP contribution in [0.4, 0.5) is 15.5 Å². The molecule has 2 heterocycles. The molecule has 5 rings (SSSR count). The van der Waals surface area contributed by atoms with E-state index in [0.717, 1.165) is 20.9 Å². The Morgan fingerprint density at radius 2 is 1.65 bits per heavy atom. The maximum Gasteiger partial charge on any atom is 0.410 e. The second-order valence-corrected chi connectivity index (χ2v) is 14.4. The standard InChI is InChI=1S/C37H39N3O7S2/c1-5-45-35(43)31-28-19-20-40(36(44)47-37(2,3)4)22-29(28)49-34(31)39-33(42)32(24-13-8-6-9-14-24)48-27-18-12-15-25(21-27)38-30(41)23-46-26-16-10-7-11-17-26/h6-18,21,32H,5,19-20,22-23H2,1-4H3,(H,38,41)(H,39,42). The van der Waals surface area contributed by atoms with Gasteiger partial charge in [-0.3, -0.25) is 9.59 Å². The fourth-order valence-corrected chi connectivity index (χ4v) is 7.46. The summed E-state index contributed by atoms with van der Waals surface area (Å²) < 4.78 is 16.5.